The molecule has 1 N–H and O–H groups in total. The number of fused-ring (bicyclic) bond motifs is 1. The van der Waals surface area contributed by atoms with E-state index < -0.39 is 23.8 Å². The van der Waals surface area contributed by atoms with Crippen molar-refractivity contribution in [1.29, 1.82) is 0 Å². The Bertz CT molecular complexity index is 1250. The fourth-order valence-corrected chi connectivity index (χ4v) is 4.91. The standard InChI is InChI=1S/C27H26F4N4O/c28-21-11-12-35(16-21)15-17-7-10-24(32-14-17)34-26(36)22-6-2-3-18-8-9-23(33-25(18)22)19-4-1-5-20(13-19)27(29,30)31/h1,4-5,7-10,13-14,21-22H,2-3,6,11-12,15-16H2,(H,32,34,36). The number of benzene rings is 1. The van der Waals surface area contributed by atoms with Crippen molar-refractivity contribution in [1.82, 2.24) is 14.9 Å². The lowest BCUT2D eigenvalue weighted by Crippen LogP contribution is -2.26. The number of hydrogen-bond acceptors (Lipinski definition) is 4. The van der Waals surface area contributed by atoms with Gasteiger partial charge in [0.2, 0.25) is 5.91 Å². The second-order valence-corrected chi connectivity index (χ2v) is 9.43. The first-order valence-electron chi connectivity index (χ1n) is 12.1. The maximum Gasteiger partial charge on any atom is 0.416 e. The Labute approximate surface area is 206 Å². The second kappa shape index (κ2) is 9.97. The molecule has 2 atom stereocenters. The third kappa shape index (κ3) is 5.41. The van der Waals surface area contributed by atoms with E-state index >= 15 is 0 Å². The van der Waals surface area contributed by atoms with Crippen molar-refractivity contribution in [3.05, 3.63) is 77.1 Å². The number of halogens is 4. The molecule has 0 saturated carbocycles. The summed E-state index contributed by atoms with van der Waals surface area (Å²) in [7, 11) is 0. The lowest BCUT2D eigenvalue weighted by atomic mass is 9.85. The van der Waals surface area contributed by atoms with Crippen LogP contribution in [0, 0.1) is 0 Å². The van der Waals surface area contributed by atoms with Gasteiger partial charge in [-0.25, -0.2) is 9.37 Å². The molecule has 2 aliphatic rings. The Hall–Kier alpha value is -3.33. The third-order valence-corrected chi connectivity index (χ3v) is 6.78. The number of carbonyl (C=O) groups excluding carboxylic acids is 1. The summed E-state index contributed by atoms with van der Waals surface area (Å²) in [6, 6.07) is 12.2. The van der Waals surface area contributed by atoms with E-state index in [1.54, 1.807) is 24.4 Å². The number of carbonyl (C=O) groups is 1. The second-order valence-electron chi connectivity index (χ2n) is 9.43. The molecule has 2 aromatic heterocycles. The summed E-state index contributed by atoms with van der Waals surface area (Å²) >= 11 is 0. The first-order chi connectivity index (χ1) is 17.3. The summed E-state index contributed by atoms with van der Waals surface area (Å²) < 4.78 is 52.9. The van der Waals surface area contributed by atoms with Gasteiger partial charge in [-0.1, -0.05) is 24.3 Å². The largest absolute Gasteiger partial charge is 0.416 e. The number of rotatable bonds is 5. The number of aromatic nitrogens is 2. The van der Waals surface area contributed by atoms with Crippen molar-refractivity contribution in [2.24, 2.45) is 0 Å². The molecule has 1 fully saturated rings. The van der Waals surface area contributed by atoms with Crippen LogP contribution in [0.1, 0.15) is 47.6 Å². The smallest absolute Gasteiger partial charge is 0.310 e. The highest BCUT2D eigenvalue weighted by Gasteiger charge is 2.31. The van der Waals surface area contributed by atoms with Crippen LogP contribution in [0.4, 0.5) is 23.4 Å². The van der Waals surface area contributed by atoms with Gasteiger partial charge >= 0.3 is 6.18 Å². The monoisotopic (exact) mass is 498 g/mol. The number of anilines is 1. The number of pyridine rings is 2. The summed E-state index contributed by atoms with van der Waals surface area (Å²) in [5.74, 6) is -0.355. The van der Waals surface area contributed by atoms with Crippen molar-refractivity contribution in [3.8, 4) is 11.3 Å². The number of nitrogens with one attached hydrogen (secondary N) is 1. The molecule has 0 spiro atoms. The van der Waals surface area contributed by atoms with Crippen LogP contribution in [0.5, 0.6) is 0 Å². The molecule has 188 valence electrons. The molecule has 2 unspecified atom stereocenters. The predicted molar refractivity (Wildman–Crippen MR) is 128 cm³/mol. The first-order valence-corrected chi connectivity index (χ1v) is 12.1. The predicted octanol–water partition coefficient (Wildman–Crippen LogP) is 5.76. The Morgan fingerprint density at radius 3 is 2.69 bits per heavy atom. The van der Waals surface area contributed by atoms with E-state index in [2.05, 4.69) is 15.3 Å². The number of amides is 1. The number of aryl methyl sites for hydroxylation is 1. The number of alkyl halides is 4. The van der Waals surface area contributed by atoms with Gasteiger partial charge in [-0.05, 0) is 61.1 Å². The Morgan fingerprint density at radius 2 is 1.97 bits per heavy atom. The minimum Gasteiger partial charge on any atom is -0.310 e. The van der Waals surface area contributed by atoms with Crippen molar-refractivity contribution < 1.29 is 22.4 Å². The summed E-state index contributed by atoms with van der Waals surface area (Å²) in [5, 5.41) is 2.86. The molecule has 1 aliphatic heterocycles. The zero-order valence-electron chi connectivity index (χ0n) is 19.6. The van der Waals surface area contributed by atoms with Gasteiger partial charge in [0.1, 0.15) is 12.0 Å². The average Bonchev–Trinajstić information content (AvgIpc) is 3.28. The normalized spacial score (nSPS) is 20.2. The van der Waals surface area contributed by atoms with Crippen LogP contribution >= 0.6 is 0 Å². The van der Waals surface area contributed by atoms with Crippen LogP contribution in [-0.2, 0) is 23.9 Å². The Morgan fingerprint density at radius 1 is 1.11 bits per heavy atom. The topological polar surface area (TPSA) is 58.1 Å². The highest BCUT2D eigenvalue weighted by Crippen LogP contribution is 2.35. The van der Waals surface area contributed by atoms with Gasteiger partial charge in [-0.3, -0.25) is 14.7 Å². The quantitative estimate of drug-likeness (QED) is 0.454. The molecule has 36 heavy (non-hydrogen) atoms. The molecule has 3 heterocycles. The van der Waals surface area contributed by atoms with Gasteiger partial charge in [0.25, 0.3) is 0 Å². The van der Waals surface area contributed by atoms with Gasteiger partial charge in [0, 0.05) is 31.4 Å². The van der Waals surface area contributed by atoms with Crippen LogP contribution in [0.25, 0.3) is 11.3 Å². The molecule has 1 aliphatic carbocycles. The number of nitrogens with zero attached hydrogens (tertiary/aromatic N) is 3. The first kappa shape index (κ1) is 24.4. The lowest BCUT2D eigenvalue weighted by molar-refractivity contribution is -0.137. The van der Waals surface area contributed by atoms with E-state index in [0.717, 1.165) is 42.6 Å². The van der Waals surface area contributed by atoms with Crippen molar-refractivity contribution in [2.75, 3.05) is 18.4 Å². The Kier molecular flexibility index (Phi) is 6.75. The van der Waals surface area contributed by atoms with E-state index in [1.165, 1.54) is 6.07 Å². The molecule has 3 aromatic rings. The van der Waals surface area contributed by atoms with Crippen molar-refractivity contribution in [2.45, 2.75) is 50.5 Å². The summed E-state index contributed by atoms with van der Waals surface area (Å²) in [5.41, 5.74) is 2.48. The molecule has 1 amide bonds. The maximum absolute atomic E-state index is 13.4. The van der Waals surface area contributed by atoms with Gasteiger partial charge in [-0.15, -0.1) is 0 Å². The molecule has 0 bridgehead atoms. The van der Waals surface area contributed by atoms with E-state index in [4.69, 9.17) is 0 Å². The van der Waals surface area contributed by atoms with E-state index in [-0.39, 0.29) is 5.91 Å². The molecular formula is C27H26F4N4O. The van der Waals surface area contributed by atoms with E-state index in [9.17, 15) is 22.4 Å². The summed E-state index contributed by atoms with van der Waals surface area (Å²) in [6.45, 7) is 1.76. The fraction of sp³-hybridized carbons (Fsp3) is 0.370. The van der Waals surface area contributed by atoms with Gasteiger partial charge < -0.3 is 5.32 Å². The third-order valence-electron chi connectivity index (χ3n) is 6.78. The van der Waals surface area contributed by atoms with Gasteiger partial charge in [0.15, 0.2) is 0 Å². The molecule has 1 saturated heterocycles. The molecule has 1 aromatic carbocycles. The molecule has 5 nitrogen and oxygen atoms in total. The Balaban J connectivity index is 1.32. The number of hydrogen-bond donors (Lipinski definition) is 1. The molecule has 9 heteroatoms. The molecule has 5 rings (SSSR count). The van der Waals surface area contributed by atoms with Crippen LogP contribution in [0.3, 0.4) is 0 Å². The van der Waals surface area contributed by atoms with Crippen molar-refractivity contribution >= 4 is 11.7 Å². The SMILES string of the molecule is O=C(Nc1ccc(CN2CCC(F)C2)cn1)C1CCCc2ccc(-c3cccc(C(F)(F)F)c3)nc21. The summed E-state index contributed by atoms with van der Waals surface area (Å²) in [6.07, 6.45) is -0.827. The minimum atomic E-state index is -4.45. The summed E-state index contributed by atoms with van der Waals surface area (Å²) in [4.78, 5) is 24.2. The average molecular weight is 499 g/mol. The van der Waals surface area contributed by atoms with Crippen LogP contribution in [0.2, 0.25) is 0 Å². The van der Waals surface area contributed by atoms with Crippen molar-refractivity contribution in [3.63, 3.8) is 0 Å². The van der Waals surface area contributed by atoms with E-state index in [0.29, 0.717) is 48.7 Å². The van der Waals surface area contributed by atoms with E-state index in [1.807, 2.05) is 17.0 Å². The molecule has 0 radical (unpaired) electrons. The highest BCUT2D eigenvalue weighted by molar-refractivity contribution is 5.95. The number of likely N-dealkylation sites (tertiary alicyclic amines) is 1. The maximum atomic E-state index is 13.4. The molecular weight excluding hydrogens is 472 g/mol. The minimum absolute atomic E-state index is 0.246. The van der Waals surface area contributed by atoms with Gasteiger partial charge in [-0.2, -0.15) is 13.2 Å². The highest BCUT2D eigenvalue weighted by atomic mass is 19.4. The van der Waals surface area contributed by atoms with Crippen LogP contribution in [-0.4, -0.2) is 40.0 Å². The lowest BCUT2D eigenvalue weighted by Gasteiger charge is -2.24. The fourth-order valence-electron chi connectivity index (χ4n) is 4.91. The zero-order chi connectivity index (χ0) is 25.3. The van der Waals surface area contributed by atoms with Gasteiger partial charge in [0.05, 0.1) is 22.9 Å². The van der Waals surface area contributed by atoms with Crippen LogP contribution < -0.4 is 5.32 Å². The zero-order valence-corrected chi connectivity index (χ0v) is 19.6. The van der Waals surface area contributed by atoms with Crippen LogP contribution in [0.15, 0.2) is 54.7 Å².